The van der Waals surface area contributed by atoms with E-state index in [1.165, 1.54) is 5.56 Å². The lowest BCUT2D eigenvalue weighted by molar-refractivity contribution is 0.122. The molecule has 0 radical (unpaired) electrons. The summed E-state index contributed by atoms with van der Waals surface area (Å²) in [7, 11) is 0. The molecule has 0 aliphatic carbocycles. The van der Waals surface area contributed by atoms with Crippen LogP contribution in [0.15, 0.2) is 42.6 Å². The Balaban J connectivity index is 1.62. The standard InChI is InChI=1S/C18H24N4O/c1-15(23)14-21-9-11-22(12-10-21)18-7-8-19-17(20-18)13-16-5-3-2-4-6-16/h2-8,15,23H,9-14H2,1H3. The second-order valence-electron chi connectivity index (χ2n) is 6.13. The first-order valence-electron chi connectivity index (χ1n) is 8.22. The summed E-state index contributed by atoms with van der Waals surface area (Å²) in [5, 5.41) is 9.49. The van der Waals surface area contributed by atoms with Gasteiger partial charge in [0.25, 0.3) is 0 Å². The van der Waals surface area contributed by atoms with Crippen molar-refractivity contribution in [3.05, 3.63) is 54.0 Å². The Labute approximate surface area is 137 Å². The topological polar surface area (TPSA) is 52.5 Å². The van der Waals surface area contributed by atoms with Crippen molar-refractivity contribution in [3.8, 4) is 0 Å². The van der Waals surface area contributed by atoms with Crippen LogP contribution >= 0.6 is 0 Å². The highest BCUT2D eigenvalue weighted by Crippen LogP contribution is 2.15. The zero-order chi connectivity index (χ0) is 16.1. The van der Waals surface area contributed by atoms with E-state index in [0.717, 1.165) is 50.8 Å². The number of anilines is 1. The molecule has 2 aromatic rings. The summed E-state index contributed by atoms with van der Waals surface area (Å²) in [6.07, 6.45) is 2.34. The number of nitrogens with zero attached hydrogens (tertiary/aromatic N) is 4. The monoisotopic (exact) mass is 312 g/mol. The molecule has 1 N–H and O–H groups in total. The summed E-state index contributed by atoms with van der Waals surface area (Å²) in [6, 6.07) is 12.3. The van der Waals surface area contributed by atoms with Crippen molar-refractivity contribution in [2.24, 2.45) is 0 Å². The number of aromatic nitrogens is 2. The number of piperazine rings is 1. The number of β-amino-alcohol motifs (C(OH)–C–C–N with tert-alkyl or cyclic N) is 1. The fourth-order valence-corrected chi connectivity index (χ4v) is 2.96. The van der Waals surface area contributed by atoms with Gasteiger partial charge in [0, 0.05) is 45.3 Å². The molecular weight excluding hydrogens is 288 g/mol. The van der Waals surface area contributed by atoms with Gasteiger partial charge in [-0.1, -0.05) is 30.3 Å². The van der Waals surface area contributed by atoms with E-state index in [2.05, 4.69) is 26.9 Å². The first-order valence-corrected chi connectivity index (χ1v) is 8.22. The van der Waals surface area contributed by atoms with Crippen LogP contribution in [-0.4, -0.2) is 58.8 Å². The van der Waals surface area contributed by atoms with E-state index in [4.69, 9.17) is 4.98 Å². The molecule has 23 heavy (non-hydrogen) atoms. The molecule has 1 aromatic carbocycles. The minimum Gasteiger partial charge on any atom is -0.392 e. The van der Waals surface area contributed by atoms with Gasteiger partial charge in [-0.25, -0.2) is 9.97 Å². The van der Waals surface area contributed by atoms with E-state index in [-0.39, 0.29) is 6.10 Å². The molecule has 1 unspecified atom stereocenters. The maximum absolute atomic E-state index is 9.49. The minimum atomic E-state index is -0.266. The maximum Gasteiger partial charge on any atom is 0.135 e. The van der Waals surface area contributed by atoms with Crippen LogP contribution in [-0.2, 0) is 6.42 Å². The van der Waals surface area contributed by atoms with Crippen LogP contribution < -0.4 is 4.90 Å². The Kier molecular flexibility index (Phi) is 5.20. The SMILES string of the molecule is CC(O)CN1CCN(c2ccnc(Cc3ccccc3)n2)CC1. The Bertz CT molecular complexity index is 609. The van der Waals surface area contributed by atoms with Crippen LogP contribution in [0.4, 0.5) is 5.82 Å². The van der Waals surface area contributed by atoms with Crippen molar-refractivity contribution in [2.75, 3.05) is 37.6 Å². The molecule has 0 spiro atoms. The smallest absolute Gasteiger partial charge is 0.135 e. The summed E-state index contributed by atoms with van der Waals surface area (Å²) in [6.45, 7) is 6.39. The Hall–Kier alpha value is -1.98. The molecule has 5 nitrogen and oxygen atoms in total. The van der Waals surface area contributed by atoms with E-state index in [0.29, 0.717) is 0 Å². The number of aliphatic hydroxyl groups excluding tert-OH is 1. The van der Waals surface area contributed by atoms with E-state index < -0.39 is 0 Å². The van der Waals surface area contributed by atoms with Gasteiger partial charge in [-0.2, -0.15) is 0 Å². The first-order chi connectivity index (χ1) is 11.2. The maximum atomic E-state index is 9.49. The highest BCUT2D eigenvalue weighted by Gasteiger charge is 2.19. The number of hydrogen-bond acceptors (Lipinski definition) is 5. The van der Waals surface area contributed by atoms with Crippen molar-refractivity contribution in [3.63, 3.8) is 0 Å². The van der Waals surface area contributed by atoms with E-state index in [9.17, 15) is 5.11 Å². The van der Waals surface area contributed by atoms with Gasteiger partial charge in [-0.05, 0) is 18.6 Å². The van der Waals surface area contributed by atoms with Crippen molar-refractivity contribution in [1.82, 2.24) is 14.9 Å². The van der Waals surface area contributed by atoms with E-state index in [1.807, 2.05) is 37.4 Å². The van der Waals surface area contributed by atoms with Gasteiger partial charge in [0.05, 0.1) is 6.10 Å². The zero-order valence-electron chi connectivity index (χ0n) is 13.6. The number of aliphatic hydroxyl groups is 1. The fourth-order valence-electron chi connectivity index (χ4n) is 2.96. The average molecular weight is 312 g/mol. The lowest BCUT2D eigenvalue weighted by Gasteiger charge is -2.35. The largest absolute Gasteiger partial charge is 0.392 e. The van der Waals surface area contributed by atoms with Crippen molar-refractivity contribution < 1.29 is 5.11 Å². The Morgan fingerprint density at radius 1 is 1.09 bits per heavy atom. The van der Waals surface area contributed by atoms with Gasteiger partial charge < -0.3 is 10.0 Å². The molecule has 1 aromatic heterocycles. The second-order valence-corrected chi connectivity index (χ2v) is 6.13. The van der Waals surface area contributed by atoms with E-state index >= 15 is 0 Å². The number of rotatable bonds is 5. The minimum absolute atomic E-state index is 0.266. The Morgan fingerprint density at radius 3 is 2.52 bits per heavy atom. The lowest BCUT2D eigenvalue weighted by atomic mass is 10.1. The molecule has 1 saturated heterocycles. The molecule has 1 aliphatic rings. The third-order valence-electron chi connectivity index (χ3n) is 4.11. The van der Waals surface area contributed by atoms with Gasteiger partial charge in [0.15, 0.2) is 0 Å². The normalized spacial score (nSPS) is 17.2. The molecular formula is C18H24N4O. The quantitative estimate of drug-likeness (QED) is 0.908. The zero-order valence-corrected chi connectivity index (χ0v) is 13.6. The number of benzene rings is 1. The van der Waals surface area contributed by atoms with Crippen LogP contribution in [0.3, 0.4) is 0 Å². The van der Waals surface area contributed by atoms with Gasteiger partial charge in [0.2, 0.25) is 0 Å². The molecule has 1 fully saturated rings. The average Bonchev–Trinajstić information content (AvgIpc) is 2.56. The summed E-state index contributed by atoms with van der Waals surface area (Å²) in [4.78, 5) is 13.7. The van der Waals surface area contributed by atoms with Crippen LogP contribution in [0.5, 0.6) is 0 Å². The van der Waals surface area contributed by atoms with Gasteiger partial charge in [0.1, 0.15) is 11.6 Å². The van der Waals surface area contributed by atoms with Crippen LogP contribution in [0.1, 0.15) is 18.3 Å². The molecule has 1 aliphatic heterocycles. The molecule has 0 bridgehead atoms. The molecule has 2 heterocycles. The second kappa shape index (κ2) is 7.53. The summed E-state index contributed by atoms with van der Waals surface area (Å²) in [5.74, 6) is 1.86. The molecule has 0 amide bonds. The predicted molar refractivity (Wildman–Crippen MR) is 91.6 cm³/mol. The summed E-state index contributed by atoms with van der Waals surface area (Å²) < 4.78 is 0. The molecule has 1 atom stereocenters. The molecule has 3 rings (SSSR count). The van der Waals surface area contributed by atoms with Gasteiger partial charge in [-0.3, -0.25) is 4.90 Å². The predicted octanol–water partition coefficient (Wildman–Crippen LogP) is 1.57. The molecule has 122 valence electrons. The third kappa shape index (κ3) is 4.50. The third-order valence-corrected chi connectivity index (χ3v) is 4.11. The van der Waals surface area contributed by atoms with Crippen LogP contribution in [0, 0.1) is 0 Å². The van der Waals surface area contributed by atoms with Crippen molar-refractivity contribution in [1.29, 1.82) is 0 Å². The highest BCUT2D eigenvalue weighted by molar-refractivity contribution is 5.38. The summed E-state index contributed by atoms with van der Waals surface area (Å²) in [5.41, 5.74) is 1.23. The van der Waals surface area contributed by atoms with Gasteiger partial charge >= 0.3 is 0 Å². The van der Waals surface area contributed by atoms with Crippen LogP contribution in [0.2, 0.25) is 0 Å². The number of hydrogen-bond donors (Lipinski definition) is 1. The van der Waals surface area contributed by atoms with Crippen molar-refractivity contribution >= 4 is 5.82 Å². The van der Waals surface area contributed by atoms with Crippen LogP contribution in [0.25, 0.3) is 0 Å². The van der Waals surface area contributed by atoms with Gasteiger partial charge in [-0.15, -0.1) is 0 Å². The lowest BCUT2D eigenvalue weighted by Crippen LogP contribution is -2.48. The fraction of sp³-hybridized carbons (Fsp3) is 0.444. The summed E-state index contributed by atoms with van der Waals surface area (Å²) >= 11 is 0. The molecule has 0 saturated carbocycles. The van der Waals surface area contributed by atoms with E-state index in [1.54, 1.807) is 0 Å². The molecule has 5 heteroatoms. The van der Waals surface area contributed by atoms with Crippen molar-refractivity contribution in [2.45, 2.75) is 19.4 Å². The highest BCUT2D eigenvalue weighted by atomic mass is 16.3. The Morgan fingerprint density at radius 2 is 1.83 bits per heavy atom. The first kappa shape index (κ1) is 15.9.